The van der Waals surface area contributed by atoms with Gasteiger partial charge in [0, 0.05) is 18.3 Å². The maximum atomic E-state index is 12.4. The second kappa shape index (κ2) is 8.12. The highest BCUT2D eigenvalue weighted by Gasteiger charge is 2.47. The molecule has 2 N–H and O–H groups in total. The van der Waals surface area contributed by atoms with E-state index < -0.39 is 0 Å². The fourth-order valence-electron chi connectivity index (χ4n) is 3.07. The quantitative estimate of drug-likeness (QED) is 0.788. The Morgan fingerprint density at radius 3 is 2.44 bits per heavy atom. The summed E-state index contributed by atoms with van der Waals surface area (Å²) in [5.41, 5.74) is 2.82. The van der Waals surface area contributed by atoms with Gasteiger partial charge in [0.15, 0.2) is 11.5 Å². The number of amides is 2. The normalized spacial score (nSPS) is 17.7. The first-order chi connectivity index (χ1) is 13.0. The molecule has 0 heterocycles. The molecule has 2 atom stereocenters. The Morgan fingerprint density at radius 2 is 1.74 bits per heavy atom. The number of nitrogens with one attached hydrogen (secondary N) is 2. The van der Waals surface area contributed by atoms with Crippen molar-refractivity contribution in [2.45, 2.75) is 19.9 Å². The number of ether oxygens (including phenoxy) is 2. The second-order valence-electron chi connectivity index (χ2n) is 6.71. The molecular weight excluding hydrogens is 344 g/mol. The Bertz CT molecular complexity index is 850. The smallest absolute Gasteiger partial charge is 0.228 e. The third kappa shape index (κ3) is 4.58. The van der Waals surface area contributed by atoms with Crippen LogP contribution in [0.1, 0.15) is 17.5 Å². The Hall–Kier alpha value is -3.02. The largest absolute Gasteiger partial charge is 0.493 e. The lowest BCUT2D eigenvalue weighted by Gasteiger charge is -2.10. The van der Waals surface area contributed by atoms with Crippen molar-refractivity contribution in [3.05, 3.63) is 53.6 Å². The van der Waals surface area contributed by atoms with Gasteiger partial charge in [0.25, 0.3) is 0 Å². The van der Waals surface area contributed by atoms with E-state index in [1.54, 1.807) is 32.4 Å². The van der Waals surface area contributed by atoms with E-state index in [1.807, 2.05) is 31.2 Å². The first kappa shape index (κ1) is 18.8. The first-order valence-electron chi connectivity index (χ1n) is 8.88. The van der Waals surface area contributed by atoms with E-state index in [4.69, 9.17) is 9.47 Å². The van der Waals surface area contributed by atoms with Crippen molar-refractivity contribution in [1.29, 1.82) is 0 Å². The predicted molar refractivity (Wildman–Crippen MR) is 103 cm³/mol. The molecule has 1 fully saturated rings. The summed E-state index contributed by atoms with van der Waals surface area (Å²) in [5, 5.41) is 5.76. The molecule has 3 rings (SSSR count). The van der Waals surface area contributed by atoms with Gasteiger partial charge in [-0.1, -0.05) is 29.8 Å². The van der Waals surface area contributed by atoms with Gasteiger partial charge < -0.3 is 20.1 Å². The summed E-state index contributed by atoms with van der Waals surface area (Å²) in [6.45, 7) is 2.49. The van der Waals surface area contributed by atoms with E-state index in [0.717, 1.165) is 11.1 Å². The average molecular weight is 368 g/mol. The molecule has 1 saturated carbocycles. The summed E-state index contributed by atoms with van der Waals surface area (Å²) in [6.07, 6.45) is 0.568. The minimum Gasteiger partial charge on any atom is -0.493 e. The molecule has 0 spiro atoms. The molecule has 0 bridgehead atoms. The maximum Gasteiger partial charge on any atom is 0.228 e. The molecule has 0 aromatic heterocycles. The number of carbonyl (C=O) groups excluding carboxylic acids is 2. The number of rotatable bonds is 7. The number of anilines is 1. The number of aryl methyl sites for hydroxylation is 1. The zero-order valence-electron chi connectivity index (χ0n) is 15.7. The Morgan fingerprint density at radius 1 is 1.00 bits per heavy atom. The van der Waals surface area contributed by atoms with Crippen molar-refractivity contribution in [1.82, 2.24) is 5.32 Å². The molecule has 0 radical (unpaired) electrons. The Labute approximate surface area is 158 Å². The molecule has 2 aromatic rings. The summed E-state index contributed by atoms with van der Waals surface area (Å²) in [5.74, 6) is 0.335. The standard InChI is InChI=1S/C21H24N2O4/c1-13-5-4-6-14(9-13)12-22-20(24)16-11-17(16)21(25)23-15-7-8-18(26-2)19(10-15)27-3/h4-10,16-17H,11-12H2,1-3H3,(H,22,24)(H,23,25). The molecule has 1 aliphatic rings. The summed E-state index contributed by atoms with van der Waals surface area (Å²) in [6, 6.07) is 13.2. The van der Waals surface area contributed by atoms with Crippen LogP contribution in [0.2, 0.25) is 0 Å². The van der Waals surface area contributed by atoms with Crippen LogP contribution in [-0.2, 0) is 16.1 Å². The Kier molecular flexibility index (Phi) is 5.64. The van der Waals surface area contributed by atoms with Crippen molar-refractivity contribution in [3.8, 4) is 11.5 Å². The third-order valence-electron chi connectivity index (χ3n) is 4.66. The van der Waals surface area contributed by atoms with Crippen LogP contribution in [0.25, 0.3) is 0 Å². The van der Waals surface area contributed by atoms with Gasteiger partial charge in [-0.15, -0.1) is 0 Å². The van der Waals surface area contributed by atoms with Crippen molar-refractivity contribution < 1.29 is 19.1 Å². The highest BCUT2D eigenvalue weighted by molar-refractivity contribution is 5.99. The molecule has 2 aromatic carbocycles. The highest BCUT2D eigenvalue weighted by atomic mass is 16.5. The molecule has 0 aliphatic heterocycles. The molecule has 1 aliphatic carbocycles. The van der Waals surface area contributed by atoms with E-state index in [2.05, 4.69) is 10.6 Å². The fraction of sp³-hybridized carbons (Fsp3) is 0.333. The molecular formula is C21H24N2O4. The van der Waals surface area contributed by atoms with Crippen LogP contribution >= 0.6 is 0 Å². The number of hydrogen-bond donors (Lipinski definition) is 2. The minimum absolute atomic E-state index is 0.0797. The van der Waals surface area contributed by atoms with Gasteiger partial charge in [-0.2, -0.15) is 0 Å². The van der Waals surface area contributed by atoms with Crippen molar-refractivity contribution in [2.24, 2.45) is 11.8 Å². The van der Waals surface area contributed by atoms with Gasteiger partial charge in [-0.25, -0.2) is 0 Å². The van der Waals surface area contributed by atoms with Gasteiger partial charge in [-0.3, -0.25) is 9.59 Å². The summed E-state index contributed by atoms with van der Waals surface area (Å²) in [7, 11) is 3.10. The van der Waals surface area contributed by atoms with Crippen LogP contribution in [0.4, 0.5) is 5.69 Å². The lowest BCUT2D eigenvalue weighted by atomic mass is 10.1. The third-order valence-corrected chi connectivity index (χ3v) is 4.66. The van der Waals surface area contributed by atoms with Crippen molar-refractivity contribution >= 4 is 17.5 Å². The van der Waals surface area contributed by atoms with Crippen LogP contribution in [0.3, 0.4) is 0 Å². The molecule has 2 unspecified atom stereocenters. The number of hydrogen-bond acceptors (Lipinski definition) is 4. The lowest BCUT2D eigenvalue weighted by molar-refractivity contribution is -0.125. The van der Waals surface area contributed by atoms with E-state index in [9.17, 15) is 9.59 Å². The number of carbonyl (C=O) groups is 2. The van der Waals surface area contributed by atoms with E-state index >= 15 is 0 Å². The second-order valence-corrected chi connectivity index (χ2v) is 6.71. The summed E-state index contributed by atoms with van der Waals surface area (Å²) in [4.78, 5) is 24.7. The topological polar surface area (TPSA) is 76.7 Å². The first-order valence-corrected chi connectivity index (χ1v) is 8.88. The van der Waals surface area contributed by atoms with Crippen LogP contribution in [-0.4, -0.2) is 26.0 Å². The van der Waals surface area contributed by atoms with E-state index in [-0.39, 0.29) is 23.7 Å². The zero-order chi connectivity index (χ0) is 19.4. The molecule has 0 saturated heterocycles. The fourth-order valence-corrected chi connectivity index (χ4v) is 3.07. The lowest BCUT2D eigenvalue weighted by Crippen LogP contribution is -2.27. The van der Waals surface area contributed by atoms with Gasteiger partial charge in [0.1, 0.15) is 0 Å². The van der Waals surface area contributed by atoms with Crippen LogP contribution in [0.15, 0.2) is 42.5 Å². The number of methoxy groups -OCH3 is 2. The summed E-state index contributed by atoms with van der Waals surface area (Å²) < 4.78 is 10.4. The molecule has 6 nitrogen and oxygen atoms in total. The molecule has 142 valence electrons. The van der Waals surface area contributed by atoms with Crippen LogP contribution < -0.4 is 20.1 Å². The van der Waals surface area contributed by atoms with Gasteiger partial charge in [0.2, 0.25) is 11.8 Å². The van der Waals surface area contributed by atoms with Crippen LogP contribution in [0.5, 0.6) is 11.5 Å². The molecule has 2 amide bonds. The maximum absolute atomic E-state index is 12.4. The molecule has 27 heavy (non-hydrogen) atoms. The zero-order valence-corrected chi connectivity index (χ0v) is 15.7. The number of benzene rings is 2. The van der Waals surface area contributed by atoms with Gasteiger partial charge >= 0.3 is 0 Å². The Balaban J connectivity index is 1.52. The SMILES string of the molecule is COc1ccc(NC(=O)C2CC2C(=O)NCc2cccc(C)c2)cc1OC. The average Bonchev–Trinajstić information content (AvgIpc) is 3.47. The van der Waals surface area contributed by atoms with Crippen LogP contribution in [0, 0.1) is 18.8 Å². The van der Waals surface area contributed by atoms with Gasteiger partial charge in [-0.05, 0) is 31.0 Å². The van der Waals surface area contributed by atoms with E-state index in [1.165, 1.54) is 0 Å². The van der Waals surface area contributed by atoms with Crippen molar-refractivity contribution in [2.75, 3.05) is 19.5 Å². The van der Waals surface area contributed by atoms with Crippen molar-refractivity contribution in [3.63, 3.8) is 0 Å². The predicted octanol–water partition coefficient (Wildman–Crippen LogP) is 2.90. The molecule has 6 heteroatoms. The monoisotopic (exact) mass is 368 g/mol. The van der Waals surface area contributed by atoms with Gasteiger partial charge in [0.05, 0.1) is 26.1 Å². The minimum atomic E-state index is -0.296. The highest BCUT2D eigenvalue weighted by Crippen LogP contribution is 2.40. The summed E-state index contributed by atoms with van der Waals surface area (Å²) >= 11 is 0. The van der Waals surface area contributed by atoms with E-state index in [0.29, 0.717) is 30.2 Å².